The molecule has 14 nitrogen and oxygen atoms in total. The number of likely N-dealkylation sites (N-methyl/N-ethyl adjacent to an activating group) is 2. The highest BCUT2D eigenvalue weighted by Crippen LogP contribution is 2.53. The third-order valence-electron chi connectivity index (χ3n) is 8.56. The van der Waals surface area contributed by atoms with Gasteiger partial charge in [0.15, 0.2) is 23.4 Å². The highest BCUT2D eigenvalue weighted by atomic mass is 16.3. The number of carbonyl (C=O) groups excluding carboxylic acids is 5. The molecule has 0 unspecified atom stereocenters. The Hall–Kier alpha value is -4.79. The molecular weight excluding hydrogens is 574 g/mol. The molecule has 0 bridgehead atoms. The number of Topliss-reactive ketones (excluding diaryl/α,β-unsaturated/α-hetero) is 2. The van der Waals surface area contributed by atoms with E-state index in [9.17, 15) is 44.4 Å². The molecule has 232 valence electrons. The van der Waals surface area contributed by atoms with Crippen LogP contribution in [0.2, 0.25) is 0 Å². The summed E-state index contributed by atoms with van der Waals surface area (Å²) < 4.78 is 1.56. The quantitative estimate of drug-likeness (QED) is 0.142. The van der Waals surface area contributed by atoms with Crippen LogP contribution in [0.25, 0.3) is 5.69 Å². The number of benzene rings is 1. The second-order valence-electron chi connectivity index (χ2n) is 11.9. The van der Waals surface area contributed by atoms with Gasteiger partial charge < -0.3 is 40.9 Å². The first-order valence-corrected chi connectivity index (χ1v) is 13.7. The van der Waals surface area contributed by atoms with Gasteiger partial charge in [-0.15, -0.1) is 0 Å². The van der Waals surface area contributed by atoms with Crippen molar-refractivity contribution in [2.45, 2.75) is 24.5 Å². The van der Waals surface area contributed by atoms with E-state index in [0.717, 1.165) is 0 Å². The van der Waals surface area contributed by atoms with Gasteiger partial charge in [0.25, 0.3) is 5.91 Å². The van der Waals surface area contributed by atoms with Crippen molar-refractivity contribution in [3.8, 4) is 11.4 Å². The predicted octanol–water partition coefficient (Wildman–Crippen LogP) is 0.224. The molecule has 2 aromatic rings. The number of aliphatic hydroxyl groups excluding tert-OH is 2. The molecule has 0 saturated heterocycles. The van der Waals surface area contributed by atoms with E-state index in [1.165, 1.54) is 17.2 Å². The van der Waals surface area contributed by atoms with Gasteiger partial charge >= 0.3 is 0 Å². The van der Waals surface area contributed by atoms with Crippen LogP contribution in [0.1, 0.15) is 32.7 Å². The van der Waals surface area contributed by atoms with E-state index >= 15 is 0 Å². The lowest BCUT2D eigenvalue weighted by molar-refractivity contribution is -0.148. The molecule has 7 N–H and O–H groups in total. The number of nitrogens with zero attached hydrogens (tertiary/aromatic N) is 3. The molecule has 14 heteroatoms. The Morgan fingerprint density at radius 3 is 2.43 bits per heavy atom. The average molecular weight is 608 g/mol. The minimum absolute atomic E-state index is 0.0258. The van der Waals surface area contributed by atoms with Crippen molar-refractivity contribution in [2.75, 3.05) is 40.1 Å². The number of nitrogens with one attached hydrogen (secondary N) is 1. The van der Waals surface area contributed by atoms with Crippen molar-refractivity contribution in [3.05, 3.63) is 63.9 Å². The van der Waals surface area contributed by atoms with E-state index in [-0.39, 0.29) is 36.2 Å². The molecule has 0 saturated carbocycles. The van der Waals surface area contributed by atoms with Crippen LogP contribution in [0.15, 0.2) is 47.2 Å². The predicted molar refractivity (Wildman–Crippen MR) is 156 cm³/mol. The van der Waals surface area contributed by atoms with Crippen molar-refractivity contribution < 1.29 is 44.4 Å². The van der Waals surface area contributed by atoms with Gasteiger partial charge in [0, 0.05) is 29.4 Å². The molecular formula is C30H33N5O9. The van der Waals surface area contributed by atoms with Crippen LogP contribution in [-0.4, -0.2) is 111 Å². The summed E-state index contributed by atoms with van der Waals surface area (Å²) in [6.07, 6.45) is 3.66. The number of aliphatic hydroxyl groups is 3. The van der Waals surface area contributed by atoms with Crippen LogP contribution >= 0.6 is 0 Å². The molecule has 0 aliphatic heterocycles. The van der Waals surface area contributed by atoms with Crippen LogP contribution in [-0.2, 0) is 20.8 Å². The maximum atomic E-state index is 14.2. The normalized spacial score (nSPS) is 24.8. The van der Waals surface area contributed by atoms with Crippen LogP contribution < -0.4 is 11.1 Å². The number of aromatic nitrogens is 1. The summed E-state index contributed by atoms with van der Waals surface area (Å²) in [5.41, 5.74) is 2.02. The SMILES string of the molecule is CN(C)CC(=O)Nc1cc(-n2ccc(C=O)c2)c2c(c1O)C(=O)C1=C(O)[C@]3(O)C(=O)C(C(N)=O)=C(O)[C@@H](N(C)C)[C@@H]3C[C@@H]1C2. The summed E-state index contributed by atoms with van der Waals surface area (Å²) in [6.45, 7) is -0.0429. The van der Waals surface area contributed by atoms with E-state index in [1.807, 2.05) is 0 Å². The molecule has 0 fully saturated rings. The van der Waals surface area contributed by atoms with Gasteiger partial charge in [0.2, 0.25) is 11.7 Å². The van der Waals surface area contributed by atoms with Gasteiger partial charge in [-0.1, -0.05) is 0 Å². The van der Waals surface area contributed by atoms with Crippen LogP contribution in [0.5, 0.6) is 5.75 Å². The lowest BCUT2D eigenvalue weighted by Gasteiger charge is -2.50. The largest absolute Gasteiger partial charge is 0.510 e. The van der Waals surface area contributed by atoms with Gasteiger partial charge in [-0.2, -0.15) is 0 Å². The van der Waals surface area contributed by atoms with Gasteiger partial charge in [-0.25, -0.2) is 0 Å². The topological polar surface area (TPSA) is 216 Å². The van der Waals surface area contributed by atoms with E-state index < -0.39 is 69.7 Å². The average Bonchev–Trinajstić information content (AvgIpc) is 3.40. The summed E-state index contributed by atoms with van der Waals surface area (Å²) in [6, 6.07) is 1.89. The number of amides is 2. The van der Waals surface area contributed by atoms with Crippen molar-refractivity contribution in [3.63, 3.8) is 0 Å². The van der Waals surface area contributed by atoms with Crippen LogP contribution in [0.4, 0.5) is 5.69 Å². The number of carbonyl (C=O) groups is 5. The maximum absolute atomic E-state index is 14.2. The molecule has 0 radical (unpaired) electrons. The smallest absolute Gasteiger partial charge is 0.255 e. The first-order valence-electron chi connectivity index (χ1n) is 13.7. The number of anilines is 1. The molecule has 0 spiro atoms. The van der Waals surface area contributed by atoms with Gasteiger partial charge in [-0.05, 0) is 64.6 Å². The Kier molecular flexibility index (Phi) is 7.48. The second-order valence-corrected chi connectivity index (χ2v) is 11.9. The number of phenols is 1. The third-order valence-corrected chi connectivity index (χ3v) is 8.56. The van der Waals surface area contributed by atoms with E-state index in [2.05, 4.69) is 5.32 Å². The van der Waals surface area contributed by atoms with Gasteiger partial charge in [-0.3, -0.25) is 28.9 Å². The number of aldehydes is 1. The number of hydrogen-bond donors (Lipinski definition) is 6. The summed E-state index contributed by atoms with van der Waals surface area (Å²) >= 11 is 0. The van der Waals surface area contributed by atoms with Gasteiger partial charge in [0.05, 0.1) is 29.5 Å². The molecule has 2 amide bonds. The van der Waals surface area contributed by atoms with Crippen molar-refractivity contribution in [1.82, 2.24) is 14.4 Å². The monoisotopic (exact) mass is 607 g/mol. The first kappa shape index (κ1) is 30.7. The summed E-state index contributed by atoms with van der Waals surface area (Å²) in [4.78, 5) is 67.1. The Labute approximate surface area is 251 Å². The van der Waals surface area contributed by atoms with Crippen molar-refractivity contribution in [1.29, 1.82) is 0 Å². The zero-order valence-electron chi connectivity index (χ0n) is 24.5. The number of ketones is 2. The summed E-state index contributed by atoms with van der Waals surface area (Å²) in [5.74, 6) is -8.27. The summed E-state index contributed by atoms with van der Waals surface area (Å²) in [5, 5.41) is 48.2. The number of aromatic hydroxyl groups is 1. The van der Waals surface area contributed by atoms with Crippen molar-refractivity contribution >= 4 is 35.4 Å². The Morgan fingerprint density at radius 2 is 1.86 bits per heavy atom. The molecule has 4 atom stereocenters. The first-order chi connectivity index (χ1) is 20.6. The molecule has 3 aliphatic carbocycles. The number of allylic oxidation sites excluding steroid dienone is 1. The number of fused-ring (bicyclic) bond motifs is 3. The number of hydrogen-bond acceptors (Lipinski definition) is 11. The minimum atomic E-state index is -2.78. The fraction of sp³-hybridized carbons (Fsp3) is 0.367. The minimum Gasteiger partial charge on any atom is -0.510 e. The molecule has 1 aromatic heterocycles. The highest BCUT2D eigenvalue weighted by Gasteiger charge is 2.63. The molecule has 1 aromatic carbocycles. The molecule has 1 heterocycles. The number of nitrogens with two attached hydrogens (primary N) is 1. The van der Waals surface area contributed by atoms with Crippen LogP contribution in [0, 0.1) is 11.8 Å². The molecule has 44 heavy (non-hydrogen) atoms. The molecule has 5 rings (SSSR count). The zero-order chi connectivity index (χ0) is 32.4. The zero-order valence-corrected chi connectivity index (χ0v) is 24.5. The fourth-order valence-electron chi connectivity index (χ4n) is 6.73. The van der Waals surface area contributed by atoms with Crippen molar-refractivity contribution in [2.24, 2.45) is 17.6 Å². The highest BCUT2D eigenvalue weighted by molar-refractivity contribution is 6.25. The number of rotatable bonds is 7. The standard InChI is InChI=1S/C30H33N5O9/c1-33(2)11-19(37)32-17-9-18(35-6-5-13(10-35)12-36)15-7-14-8-16-23(34(3)4)26(40)22(29(31)43)28(42)30(16,44)27(41)20(14)25(39)21(15)24(17)38/h5-6,9-10,12,14,16,23,38,40-41,44H,7-8,11H2,1-4H3,(H2,31,43)(H,32,37)/t14-,16-,23-,30-/m0/s1. The number of primary amides is 1. The van der Waals surface area contributed by atoms with Crippen LogP contribution in [0.3, 0.4) is 0 Å². The molecule has 3 aliphatic rings. The Bertz CT molecular complexity index is 1700. The number of phenolic OH excluding ortho intramolecular Hbond substituents is 1. The van der Waals surface area contributed by atoms with Gasteiger partial charge in [0.1, 0.15) is 17.1 Å². The Balaban J connectivity index is 1.74. The van der Waals surface area contributed by atoms with E-state index in [4.69, 9.17) is 5.73 Å². The van der Waals surface area contributed by atoms with E-state index in [0.29, 0.717) is 23.1 Å². The lowest BCUT2D eigenvalue weighted by Crippen LogP contribution is -2.63. The third kappa shape index (κ3) is 4.49. The second kappa shape index (κ2) is 10.7. The maximum Gasteiger partial charge on any atom is 0.255 e. The Morgan fingerprint density at radius 1 is 1.18 bits per heavy atom. The van der Waals surface area contributed by atoms with E-state index in [1.54, 1.807) is 49.9 Å². The lowest BCUT2D eigenvalue weighted by atomic mass is 9.58. The summed E-state index contributed by atoms with van der Waals surface area (Å²) in [7, 11) is 6.44. The fourth-order valence-corrected chi connectivity index (χ4v) is 6.73.